The Kier molecular flexibility index (Phi) is 3.37. The van der Waals surface area contributed by atoms with Crippen LogP contribution in [-0.4, -0.2) is 40.6 Å². The monoisotopic (exact) mass is 203 g/mol. The van der Waals surface area contributed by atoms with Crippen LogP contribution in [0.5, 0.6) is 0 Å². The van der Waals surface area contributed by atoms with Crippen LogP contribution in [0.3, 0.4) is 0 Å². The van der Waals surface area contributed by atoms with Crippen molar-refractivity contribution in [2.75, 3.05) is 13.1 Å². The van der Waals surface area contributed by atoms with E-state index in [-0.39, 0.29) is 20.9 Å². The molecule has 1 fully saturated rings. The maximum Gasteiger partial charge on any atom is 0.323 e. The minimum Gasteiger partial charge on any atom is -0.480 e. The van der Waals surface area contributed by atoms with E-state index in [4.69, 9.17) is 5.11 Å². The van der Waals surface area contributed by atoms with Gasteiger partial charge in [0, 0.05) is 6.54 Å². The zero-order valence-corrected chi connectivity index (χ0v) is 7.87. The number of aliphatic carboxylic acids is 1. The summed E-state index contributed by atoms with van der Waals surface area (Å²) in [5.41, 5.74) is -0.534. The molecule has 1 amide bonds. The van der Waals surface area contributed by atoms with Crippen LogP contribution in [0.1, 0.15) is 12.8 Å². The summed E-state index contributed by atoms with van der Waals surface area (Å²) in [5, 5.41) is 8.47. The van der Waals surface area contributed by atoms with Crippen LogP contribution >= 0.6 is 8.46 Å². The van der Waals surface area contributed by atoms with Crippen molar-refractivity contribution in [2.45, 2.75) is 18.5 Å². The topological polar surface area (TPSA) is 74.7 Å². The molecule has 0 bridgehead atoms. The lowest BCUT2D eigenvalue weighted by atomic mass is 10.1. The molecular weight excluding hydrogens is 193 g/mol. The van der Waals surface area contributed by atoms with Crippen LogP contribution in [0.25, 0.3) is 0 Å². The van der Waals surface area contributed by atoms with Gasteiger partial charge in [0.25, 0.3) is 0 Å². The van der Waals surface area contributed by atoms with Crippen LogP contribution in [0.15, 0.2) is 0 Å². The molecule has 1 unspecified atom stereocenters. The molecule has 0 aliphatic carbocycles. The van der Waals surface area contributed by atoms with Gasteiger partial charge in [0.1, 0.15) is 12.2 Å². The molecule has 0 radical (unpaired) electrons. The van der Waals surface area contributed by atoms with Crippen molar-refractivity contribution in [1.82, 2.24) is 4.90 Å². The summed E-state index contributed by atoms with van der Waals surface area (Å²) in [7, 11) is -0.207. The third kappa shape index (κ3) is 2.49. The third-order valence-electron chi connectivity index (χ3n) is 1.96. The maximum atomic E-state index is 11.3. The first-order chi connectivity index (χ1) is 6.15. The Morgan fingerprint density at radius 1 is 1.69 bits per heavy atom. The highest BCUT2D eigenvalue weighted by molar-refractivity contribution is 7.26. The lowest BCUT2D eigenvalue weighted by Gasteiger charge is -2.27. The van der Waals surface area contributed by atoms with Crippen molar-refractivity contribution in [3.05, 3.63) is 0 Å². The van der Waals surface area contributed by atoms with E-state index < -0.39 is 11.6 Å². The molecule has 1 atom stereocenters. The molecule has 0 aromatic rings. The molecule has 0 spiro atoms. The smallest absolute Gasteiger partial charge is 0.323 e. The summed E-state index contributed by atoms with van der Waals surface area (Å²) in [5.74, 6) is -1.35. The molecule has 1 aliphatic rings. The van der Waals surface area contributed by atoms with Gasteiger partial charge in [0.2, 0.25) is 5.91 Å². The van der Waals surface area contributed by atoms with E-state index in [2.05, 4.69) is 0 Å². The average molecular weight is 203 g/mol. The summed E-state index contributed by atoms with van der Waals surface area (Å²) in [6, 6.07) is 0. The molecule has 1 rings (SSSR count). The van der Waals surface area contributed by atoms with Crippen molar-refractivity contribution in [1.29, 1.82) is 0 Å². The van der Waals surface area contributed by atoms with Crippen molar-refractivity contribution in [3.63, 3.8) is 0 Å². The molecule has 1 saturated heterocycles. The van der Waals surface area contributed by atoms with Crippen LogP contribution < -0.4 is 0 Å². The zero-order valence-electron chi connectivity index (χ0n) is 6.97. The van der Waals surface area contributed by atoms with Gasteiger partial charge in [-0.1, -0.05) is 0 Å². The summed E-state index contributed by atoms with van der Waals surface area (Å²) in [6.07, 6.45) is 1.30. The number of amides is 1. The third-order valence-corrected chi connectivity index (χ3v) is 2.69. The first-order valence-electron chi connectivity index (χ1n) is 3.98. The highest BCUT2D eigenvalue weighted by atomic mass is 31.1. The van der Waals surface area contributed by atoms with E-state index in [0.717, 1.165) is 6.42 Å². The first kappa shape index (κ1) is 10.1. The van der Waals surface area contributed by atoms with Gasteiger partial charge in [0.15, 0.2) is 8.46 Å². The Balaban J connectivity index is 2.59. The minimum atomic E-state index is -1.03. The van der Waals surface area contributed by atoms with Crippen LogP contribution in [-0.2, 0) is 14.2 Å². The standard InChI is InChI=1S/C7H10NO4P/c9-6(10)4-8-3-1-2-5(13-12)7(8)11/h5H,1-4H2,(H,9,10). The van der Waals surface area contributed by atoms with E-state index in [9.17, 15) is 14.2 Å². The van der Waals surface area contributed by atoms with Crippen LogP contribution in [0, 0.1) is 0 Å². The van der Waals surface area contributed by atoms with E-state index >= 15 is 0 Å². The number of carbonyl (C=O) groups excluding carboxylic acids is 1. The normalized spacial score (nSPS) is 23.5. The number of nitrogens with zero attached hydrogens (tertiary/aromatic N) is 1. The summed E-state index contributed by atoms with van der Waals surface area (Å²) >= 11 is 0. The highest BCUT2D eigenvalue weighted by Gasteiger charge is 2.29. The van der Waals surface area contributed by atoms with Gasteiger partial charge in [-0.3, -0.25) is 14.2 Å². The van der Waals surface area contributed by atoms with Gasteiger partial charge >= 0.3 is 5.97 Å². The fourth-order valence-corrected chi connectivity index (χ4v) is 1.88. The maximum absolute atomic E-state index is 11.3. The van der Waals surface area contributed by atoms with Crippen LogP contribution in [0.2, 0.25) is 0 Å². The summed E-state index contributed by atoms with van der Waals surface area (Å²) < 4.78 is 10.5. The van der Waals surface area contributed by atoms with Gasteiger partial charge in [-0.15, -0.1) is 0 Å². The van der Waals surface area contributed by atoms with Crippen molar-refractivity contribution < 1.29 is 19.3 Å². The fraction of sp³-hybridized carbons (Fsp3) is 0.714. The molecule has 0 aromatic carbocycles. The quantitative estimate of drug-likeness (QED) is 0.671. The van der Waals surface area contributed by atoms with Crippen molar-refractivity contribution in [3.8, 4) is 0 Å². The van der Waals surface area contributed by atoms with Crippen molar-refractivity contribution in [2.24, 2.45) is 0 Å². The van der Waals surface area contributed by atoms with Crippen molar-refractivity contribution >= 4 is 20.3 Å². The van der Waals surface area contributed by atoms with E-state index in [0.29, 0.717) is 13.0 Å². The second-order valence-corrected chi connectivity index (χ2v) is 3.75. The number of likely N-dealkylation sites (tertiary alicyclic amines) is 1. The molecular formula is C7H10NO4P. The Morgan fingerprint density at radius 3 is 2.92 bits per heavy atom. The van der Waals surface area contributed by atoms with Gasteiger partial charge in [0.05, 0.1) is 0 Å². The molecule has 1 heterocycles. The van der Waals surface area contributed by atoms with Gasteiger partial charge in [-0.25, -0.2) is 0 Å². The lowest BCUT2D eigenvalue weighted by Crippen LogP contribution is -2.44. The van der Waals surface area contributed by atoms with E-state index in [1.165, 1.54) is 4.90 Å². The summed E-state index contributed by atoms with van der Waals surface area (Å²) in [6.45, 7) is 0.169. The minimum absolute atomic E-state index is 0.207. The molecule has 6 heteroatoms. The van der Waals surface area contributed by atoms with E-state index in [1.807, 2.05) is 0 Å². The second-order valence-electron chi connectivity index (χ2n) is 2.92. The zero-order chi connectivity index (χ0) is 9.84. The van der Waals surface area contributed by atoms with Gasteiger partial charge < -0.3 is 10.0 Å². The molecule has 0 aromatic heterocycles. The Labute approximate surface area is 76.9 Å². The number of rotatable bonds is 3. The van der Waals surface area contributed by atoms with E-state index in [1.54, 1.807) is 0 Å². The molecule has 1 aliphatic heterocycles. The molecule has 1 N–H and O–H groups in total. The van der Waals surface area contributed by atoms with Crippen LogP contribution in [0.4, 0.5) is 0 Å². The van der Waals surface area contributed by atoms with Gasteiger partial charge in [-0.2, -0.15) is 0 Å². The highest BCUT2D eigenvalue weighted by Crippen LogP contribution is 2.21. The SMILES string of the molecule is O=PC1CCCN(CC(=O)O)C1=O. The molecule has 13 heavy (non-hydrogen) atoms. The fourth-order valence-electron chi connectivity index (χ4n) is 1.34. The first-order valence-corrected chi connectivity index (χ1v) is 4.86. The van der Waals surface area contributed by atoms with Gasteiger partial charge in [-0.05, 0) is 12.8 Å². The Hall–Kier alpha value is -0.960. The molecule has 72 valence electrons. The molecule has 0 saturated carbocycles. The number of hydrogen-bond acceptors (Lipinski definition) is 3. The lowest BCUT2D eigenvalue weighted by molar-refractivity contribution is -0.145. The predicted molar refractivity (Wildman–Crippen MR) is 44.8 cm³/mol. The molecule has 5 nitrogen and oxygen atoms in total. The number of hydrogen-bond donors (Lipinski definition) is 1. The number of piperidine rings is 1. The summed E-state index contributed by atoms with van der Waals surface area (Å²) in [4.78, 5) is 22.9. The number of carboxylic acid groups (broad SMARTS) is 1. The second kappa shape index (κ2) is 4.33. The Morgan fingerprint density at radius 2 is 2.38 bits per heavy atom. The largest absolute Gasteiger partial charge is 0.480 e. The number of carboxylic acids is 1. The predicted octanol–water partition coefficient (Wildman–Crippen LogP) is 0.354. The average Bonchev–Trinajstić information content (AvgIpc) is 2.08. The Bertz CT molecular complexity index is 243. The number of carbonyl (C=O) groups is 2.